The minimum absolute atomic E-state index is 0.00458. The van der Waals surface area contributed by atoms with E-state index in [1.54, 1.807) is 21.7 Å². The summed E-state index contributed by atoms with van der Waals surface area (Å²) in [7, 11) is 0. The second kappa shape index (κ2) is 5.58. The molecule has 0 bridgehead atoms. The molecule has 6 nitrogen and oxygen atoms in total. The highest BCUT2D eigenvalue weighted by atomic mass is 35.5. The van der Waals surface area contributed by atoms with Crippen LogP contribution in [-0.2, 0) is 0 Å². The first-order chi connectivity index (χ1) is 10.9. The van der Waals surface area contributed by atoms with Crippen LogP contribution in [0.4, 0.5) is 10.1 Å². The molecule has 8 heteroatoms. The third kappa shape index (κ3) is 2.75. The summed E-state index contributed by atoms with van der Waals surface area (Å²) in [6, 6.07) is 6.28. The number of hydrogen-bond acceptors (Lipinski definition) is 5. The summed E-state index contributed by atoms with van der Waals surface area (Å²) in [5, 5.41) is 4.45. The van der Waals surface area contributed by atoms with E-state index in [2.05, 4.69) is 10.1 Å². The van der Waals surface area contributed by atoms with Crippen LogP contribution < -0.4 is 16.4 Å². The Bertz CT molecular complexity index is 825. The zero-order valence-corrected chi connectivity index (χ0v) is 13.4. The molecule has 0 spiro atoms. The number of aromatic nitrogens is 2. The molecule has 0 fully saturated rings. The summed E-state index contributed by atoms with van der Waals surface area (Å²) in [4.78, 5) is 6.11. The van der Waals surface area contributed by atoms with Gasteiger partial charge < -0.3 is 11.5 Å². The molecule has 1 aliphatic heterocycles. The Morgan fingerprint density at radius 1 is 1.22 bits per heavy atom. The van der Waals surface area contributed by atoms with Gasteiger partial charge in [0.1, 0.15) is 17.5 Å². The monoisotopic (exact) mass is 334 g/mol. The van der Waals surface area contributed by atoms with Crippen LogP contribution >= 0.6 is 11.6 Å². The van der Waals surface area contributed by atoms with Crippen molar-refractivity contribution in [1.29, 1.82) is 0 Å². The van der Waals surface area contributed by atoms with E-state index >= 15 is 0 Å². The Morgan fingerprint density at radius 2 is 1.96 bits per heavy atom. The summed E-state index contributed by atoms with van der Waals surface area (Å²) in [5.41, 5.74) is 14.3. The van der Waals surface area contributed by atoms with Gasteiger partial charge in [0.25, 0.3) is 0 Å². The van der Waals surface area contributed by atoms with E-state index in [1.165, 1.54) is 12.1 Å². The van der Waals surface area contributed by atoms with Crippen molar-refractivity contribution in [2.45, 2.75) is 20.1 Å². The molecule has 0 saturated heterocycles. The van der Waals surface area contributed by atoms with Crippen LogP contribution in [0, 0.1) is 19.7 Å². The van der Waals surface area contributed by atoms with Crippen LogP contribution in [0.3, 0.4) is 0 Å². The van der Waals surface area contributed by atoms with Gasteiger partial charge in [-0.05, 0) is 38.1 Å². The fourth-order valence-corrected chi connectivity index (χ4v) is 2.72. The molecule has 1 aromatic carbocycles. The highest BCUT2D eigenvalue weighted by Crippen LogP contribution is 2.32. The normalized spacial score (nSPS) is 17.9. The second-order valence-corrected chi connectivity index (χ2v) is 5.72. The molecule has 4 N–H and O–H groups in total. The van der Waals surface area contributed by atoms with Gasteiger partial charge in [0, 0.05) is 17.5 Å². The Balaban J connectivity index is 2.13. The minimum Gasteiger partial charge on any atom is -0.385 e. The molecule has 0 aliphatic carbocycles. The largest absolute Gasteiger partial charge is 0.385 e. The Morgan fingerprint density at radius 3 is 2.57 bits per heavy atom. The van der Waals surface area contributed by atoms with Crippen molar-refractivity contribution in [3.63, 3.8) is 0 Å². The molecule has 1 aliphatic rings. The van der Waals surface area contributed by atoms with Crippen molar-refractivity contribution in [2.24, 2.45) is 16.5 Å². The zero-order valence-electron chi connectivity index (χ0n) is 12.7. The Labute approximate surface area is 137 Å². The molecule has 1 unspecified atom stereocenters. The average Bonchev–Trinajstić information content (AvgIpc) is 2.80. The molecular weight excluding hydrogens is 319 g/mol. The zero-order chi connectivity index (χ0) is 16.7. The van der Waals surface area contributed by atoms with Gasteiger partial charge in [-0.15, -0.1) is 0 Å². The molecule has 3 rings (SSSR count). The van der Waals surface area contributed by atoms with Crippen LogP contribution in [0.5, 0.6) is 0 Å². The van der Waals surface area contributed by atoms with Crippen molar-refractivity contribution in [3.05, 3.63) is 58.4 Å². The number of amidine groups is 1. The van der Waals surface area contributed by atoms with Crippen molar-refractivity contribution < 1.29 is 4.39 Å². The summed E-state index contributed by atoms with van der Waals surface area (Å²) < 4.78 is 15.2. The standard InChI is InChI=1S/C15H16ClFN6/c1-8-5-9(2)23(21-8)15-20-13(18)7-14(19)22(15)10-3-4-12(17)11(16)6-10/h3-7,15H,19H2,1-2H3,(H2,18,20). The predicted molar refractivity (Wildman–Crippen MR) is 88.5 cm³/mol. The minimum atomic E-state index is -0.602. The van der Waals surface area contributed by atoms with Gasteiger partial charge in [0.05, 0.1) is 10.7 Å². The summed E-state index contributed by atoms with van der Waals surface area (Å²) in [6.45, 7) is 3.80. The van der Waals surface area contributed by atoms with Gasteiger partial charge in [0.2, 0.25) is 6.29 Å². The first-order valence-corrected chi connectivity index (χ1v) is 7.32. The lowest BCUT2D eigenvalue weighted by molar-refractivity contribution is 0.450. The lowest BCUT2D eigenvalue weighted by Gasteiger charge is -2.34. The molecule has 2 heterocycles. The number of benzene rings is 1. The summed E-state index contributed by atoms with van der Waals surface area (Å²) >= 11 is 5.89. The quantitative estimate of drug-likeness (QED) is 0.883. The molecule has 23 heavy (non-hydrogen) atoms. The molecule has 0 radical (unpaired) electrons. The van der Waals surface area contributed by atoms with Crippen molar-refractivity contribution in [2.75, 3.05) is 4.90 Å². The number of rotatable bonds is 2. The lowest BCUT2D eigenvalue weighted by Crippen LogP contribution is -2.40. The third-order valence-corrected chi connectivity index (χ3v) is 3.80. The smallest absolute Gasteiger partial charge is 0.225 e. The lowest BCUT2D eigenvalue weighted by atomic mass is 10.2. The highest BCUT2D eigenvalue weighted by Gasteiger charge is 2.28. The van der Waals surface area contributed by atoms with E-state index in [9.17, 15) is 4.39 Å². The maximum Gasteiger partial charge on any atom is 0.225 e. The molecule has 120 valence electrons. The van der Waals surface area contributed by atoms with E-state index in [1.807, 2.05) is 19.9 Å². The van der Waals surface area contributed by atoms with Crippen LogP contribution in [0.2, 0.25) is 5.02 Å². The van der Waals surface area contributed by atoms with E-state index in [0.717, 1.165) is 11.4 Å². The van der Waals surface area contributed by atoms with E-state index < -0.39 is 12.1 Å². The first-order valence-electron chi connectivity index (χ1n) is 6.94. The number of nitrogens with two attached hydrogens (primary N) is 2. The molecule has 1 atom stereocenters. The Hall–Kier alpha value is -2.54. The van der Waals surface area contributed by atoms with E-state index in [0.29, 0.717) is 17.3 Å². The number of aryl methyl sites for hydroxylation is 2. The van der Waals surface area contributed by atoms with Gasteiger partial charge in [-0.25, -0.2) is 14.1 Å². The van der Waals surface area contributed by atoms with Gasteiger partial charge >= 0.3 is 0 Å². The van der Waals surface area contributed by atoms with Gasteiger partial charge in [0.15, 0.2) is 0 Å². The van der Waals surface area contributed by atoms with Crippen LogP contribution in [0.1, 0.15) is 17.7 Å². The summed E-state index contributed by atoms with van der Waals surface area (Å²) in [6.07, 6.45) is 0.939. The maximum atomic E-state index is 13.5. The maximum absolute atomic E-state index is 13.5. The van der Waals surface area contributed by atoms with Crippen LogP contribution in [0.15, 0.2) is 41.2 Å². The van der Waals surface area contributed by atoms with E-state index in [-0.39, 0.29) is 5.02 Å². The number of nitrogens with zero attached hydrogens (tertiary/aromatic N) is 4. The number of hydrogen-bond donors (Lipinski definition) is 2. The SMILES string of the molecule is Cc1cc(C)n(C2N=C(N)C=C(N)N2c2ccc(F)c(Cl)c2)n1. The van der Waals surface area contributed by atoms with Crippen LogP contribution in [0.25, 0.3) is 0 Å². The molecular formula is C15H16ClFN6. The fourth-order valence-electron chi connectivity index (χ4n) is 2.54. The predicted octanol–water partition coefficient (Wildman–Crippen LogP) is 2.43. The third-order valence-electron chi connectivity index (χ3n) is 3.51. The molecule has 0 amide bonds. The van der Waals surface area contributed by atoms with Gasteiger partial charge in [-0.2, -0.15) is 5.10 Å². The number of anilines is 1. The first kappa shape index (κ1) is 15.4. The van der Waals surface area contributed by atoms with Crippen molar-refractivity contribution in [1.82, 2.24) is 9.78 Å². The number of aliphatic imine (C=N–C) groups is 1. The molecule has 2 aromatic rings. The molecule has 0 saturated carbocycles. The van der Waals surface area contributed by atoms with Crippen molar-refractivity contribution >= 4 is 23.1 Å². The van der Waals surface area contributed by atoms with Crippen molar-refractivity contribution in [3.8, 4) is 0 Å². The van der Waals surface area contributed by atoms with Gasteiger partial charge in [-0.3, -0.25) is 4.90 Å². The Kier molecular flexibility index (Phi) is 3.73. The van der Waals surface area contributed by atoms with Crippen LogP contribution in [-0.4, -0.2) is 15.6 Å². The molecule has 1 aromatic heterocycles. The van der Waals surface area contributed by atoms with Gasteiger partial charge in [-0.1, -0.05) is 11.6 Å². The average molecular weight is 335 g/mol. The highest BCUT2D eigenvalue weighted by molar-refractivity contribution is 6.31. The summed E-state index contributed by atoms with van der Waals surface area (Å²) in [5.74, 6) is 0.169. The van der Waals surface area contributed by atoms with E-state index in [4.69, 9.17) is 23.1 Å². The fraction of sp³-hybridized carbons (Fsp3) is 0.200. The topological polar surface area (TPSA) is 85.5 Å². The number of halogens is 2. The second-order valence-electron chi connectivity index (χ2n) is 5.31.